The summed E-state index contributed by atoms with van der Waals surface area (Å²) < 4.78 is 5.52. The van der Waals surface area contributed by atoms with E-state index in [2.05, 4.69) is 35.2 Å². The molecule has 1 amide bonds. The van der Waals surface area contributed by atoms with Gasteiger partial charge in [0.25, 0.3) is 0 Å². The van der Waals surface area contributed by atoms with Crippen molar-refractivity contribution in [2.24, 2.45) is 5.41 Å². The van der Waals surface area contributed by atoms with Gasteiger partial charge in [-0.2, -0.15) is 0 Å². The zero-order valence-electron chi connectivity index (χ0n) is 15.8. The fourth-order valence-corrected chi connectivity index (χ4v) is 4.34. The van der Waals surface area contributed by atoms with Crippen molar-refractivity contribution in [3.8, 4) is 0 Å². The summed E-state index contributed by atoms with van der Waals surface area (Å²) in [5.74, 6) is 0. The summed E-state index contributed by atoms with van der Waals surface area (Å²) in [6.45, 7) is 5.28. The third-order valence-electron chi connectivity index (χ3n) is 6.07. The van der Waals surface area contributed by atoms with Crippen LogP contribution in [-0.2, 0) is 17.9 Å². The lowest BCUT2D eigenvalue weighted by atomic mass is 9.77. The first-order valence-corrected chi connectivity index (χ1v) is 9.94. The van der Waals surface area contributed by atoms with Gasteiger partial charge in [-0.15, -0.1) is 0 Å². The minimum atomic E-state index is -0.164. The quantitative estimate of drug-likeness (QED) is 0.810. The molecule has 2 aromatic carbocycles. The van der Waals surface area contributed by atoms with Gasteiger partial charge in [0.15, 0.2) is 0 Å². The second kappa shape index (κ2) is 8.13. The highest BCUT2D eigenvalue weighted by Gasteiger charge is 2.42. The summed E-state index contributed by atoms with van der Waals surface area (Å²) in [6, 6.07) is 20.6. The van der Waals surface area contributed by atoms with Crippen molar-refractivity contribution >= 4 is 6.09 Å². The average molecular weight is 364 g/mol. The van der Waals surface area contributed by atoms with Crippen molar-refractivity contribution < 1.29 is 9.53 Å². The molecule has 2 fully saturated rings. The maximum Gasteiger partial charge on any atom is 0.410 e. The molecule has 2 aliphatic rings. The van der Waals surface area contributed by atoms with Gasteiger partial charge in [0.1, 0.15) is 6.61 Å². The molecule has 0 N–H and O–H groups in total. The smallest absolute Gasteiger partial charge is 0.410 e. The molecule has 0 radical (unpaired) electrons. The lowest BCUT2D eigenvalue weighted by molar-refractivity contribution is 0.0824. The predicted molar refractivity (Wildman–Crippen MR) is 106 cm³/mol. The molecule has 2 aliphatic heterocycles. The van der Waals surface area contributed by atoms with Crippen LogP contribution in [0, 0.1) is 5.41 Å². The van der Waals surface area contributed by atoms with E-state index < -0.39 is 0 Å². The Labute approximate surface area is 161 Å². The van der Waals surface area contributed by atoms with Gasteiger partial charge in [-0.1, -0.05) is 60.7 Å². The van der Waals surface area contributed by atoms with Crippen LogP contribution < -0.4 is 0 Å². The number of piperidine rings is 1. The normalized spacial score (nSPS) is 19.3. The van der Waals surface area contributed by atoms with Crippen molar-refractivity contribution in [3.63, 3.8) is 0 Å². The Morgan fingerprint density at radius 1 is 0.852 bits per heavy atom. The first-order valence-electron chi connectivity index (χ1n) is 9.94. The Kier molecular flexibility index (Phi) is 5.44. The van der Waals surface area contributed by atoms with Gasteiger partial charge in [0, 0.05) is 19.6 Å². The van der Waals surface area contributed by atoms with Crippen molar-refractivity contribution in [1.29, 1.82) is 0 Å². The van der Waals surface area contributed by atoms with Crippen molar-refractivity contribution in [1.82, 2.24) is 9.80 Å². The van der Waals surface area contributed by atoms with Crippen molar-refractivity contribution in [3.05, 3.63) is 71.8 Å². The topological polar surface area (TPSA) is 32.8 Å². The van der Waals surface area contributed by atoms with Crippen molar-refractivity contribution in [2.75, 3.05) is 26.2 Å². The number of hydrogen-bond donors (Lipinski definition) is 0. The van der Waals surface area contributed by atoms with Crippen LogP contribution in [-0.4, -0.2) is 42.1 Å². The van der Waals surface area contributed by atoms with Crippen LogP contribution in [0.5, 0.6) is 0 Å². The molecule has 0 aliphatic carbocycles. The number of rotatable bonds is 4. The van der Waals surface area contributed by atoms with E-state index in [-0.39, 0.29) is 6.09 Å². The molecule has 2 heterocycles. The molecule has 0 aromatic heterocycles. The van der Waals surface area contributed by atoms with Crippen LogP contribution in [0.4, 0.5) is 4.79 Å². The highest BCUT2D eigenvalue weighted by atomic mass is 16.6. The number of hydrogen-bond acceptors (Lipinski definition) is 3. The molecule has 27 heavy (non-hydrogen) atoms. The van der Waals surface area contributed by atoms with E-state index in [1.807, 2.05) is 35.2 Å². The van der Waals surface area contributed by atoms with Crippen LogP contribution in [0.3, 0.4) is 0 Å². The maximum atomic E-state index is 12.4. The van der Waals surface area contributed by atoms with Crippen LogP contribution in [0.1, 0.15) is 30.4 Å². The molecule has 0 unspecified atom stereocenters. The molecule has 0 bridgehead atoms. The fraction of sp³-hybridized carbons (Fsp3) is 0.435. The van der Waals surface area contributed by atoms with Crippen LogP contribution >= 0.6 is 0 Å². The summed E-state index contributed by atoms with van der Waals surface area (Å²) in [7, 11) is 0. The van der Waals surface area contributed by atoms with E-state index in [1.165, 1.54) is 18.4 Å². The molecule has 0 atom stereocenters. The molecule has 2 aromatic rings. The molecule has 1 spiro atoms. The SMILES string of the molecule is O=C(OCc1ccccc1)N1CCC2(CCN(Cc3ccccc3)CC2)C1. The van der Waals surface area contributed by atoms with Gasteiger partial charge in [0.2, 0.25) is 0 Å². The summed E-state index contributed by atoms with van der Waals surface area (Å²) in [6.07, 6.45) is 3.28. The van der Waals surface area contributed by atoms with Gasteiger partial charge in [0.05, 0.1) is 0 Å². The summed E-state index contributed by atoms with van der Waals surface area (Å²) in [4.78, 5) is 16.9. The third-order valence-corrected chi connectivity index (χ3v) is 6.07. The number of ether oxygens (including phenoxy) is 1. The van der Waals surface area contributed by atoms with Crippen LogP contribution in [0.25, 0.3) is 0 Å². The van der Waals surface area contributed by atoms with Gasteiger partial charge in [-0.25, -0.2) is 4.79 Å². The molecule has 4 rings (SSSR count). The number of nitrogens with zero attached hydrogens (tertiary/aromatic N) is 2. The summed E-state index contributed by atoms with van der Waals surface area (Å²) in [5, 5.41) is 0. The summed E-state index contributed by atoms with van der Waals surface area (Å²) in [5.41, 5.74) is 2.71. The molecular weight excluding hydrogens is 336 g/mol. The number of likely N-dealkylation sites (tertiary alicyclic amines) is 2. The molecule has 2 saturated heterocycles. The number of carbonyl (C=O) groups excluding carboxylic acids is 1. The zero-order chi connectivity index (χ0) is 18.5. The zero-order valence-corrected chi connectivity index (χ0v) is 15.8. The third kappa shape index (κ3) is 4.51. The van der Waals surface area contributed by atoms with Gasteiger partial charge in [-0.3, -0.25) is 4.90 Å². The predicted octanol–water partition coefficient (Wildman–Crippen LogP) is 4.31. The highest BCUT2D eigenvalue weighted by Crippen LogP contribution is 2.40. The minimum absolute atomic E-state index is 0.164. The Balaban J connectivity index is 1.25. The first-order chi connectivity index (χ1) is 13.2. The van der Waals surface area contributed by atoms with Gasteiger partial charge < -0.3 is 9.64 Å². The average Bonchev–Trinajstić information content (AvgIpc) is 3.14. The first kappa shape index (κ1) is 18.1. The van der Waals surface area contributed by atoms with Gasteiger partial charge in [-0.05, 0) is 48.9 Å². The molecular formula is C23H28N2O2. The second-order valence-corrected chi connectivity index (χ2v) is 7.97. The lowest BCUT2D eigenvalue weighted by Gasteiger charge is -2.39. The molecule has 4 heteroatoms. The van der Waals surface area contributed by atoms with E-state index in [0.717, 1.165) is 44.7 Å². The van der Waals surface area contributed by atoms with E-state index in [0.29, 0.717) is 12.0 Å². The number of amides is 1. The van der Waals surface area contributed by atoms with E-state index >= 15 is 0 Å². The Bertz CT molecular complexity index is 739. The number of carbonyl (C=O) groups is 1. The Morgan fingerprint density at radius 2 is 1.44 bits per heavy atom. The Morgan fingerprint density at radius 3 is 2.11 bits per heavy atom. The van der Waals surface area contributed by atoms with Crippen LogP contribution in [0.2, 0.25) is 0 Å². The molecule has 4 nitrogen and oxygen atoms in total. The highest BCUT2D eigenvalue weighted by molar-refractivity contribution is 5.68. The van der Waals surface area contributed by atoms with Crippen LogP contribution in [0.15, 0.2) is 60.7 Å². The lowest BCUT2D eigenvalue weighted by Crippen LogP contribution is -2.42. The largest absolute Gasteiger partial charge is 0.445 e. The molecule has 142 valence electrons. The van der Waals surface area contributed by atoms with Crippen molar-refractivity contribution in [2.45, 2.75) is 32.4 Å². The van der Waals surface area contributed by atoms with E-state index in [9.17, 15) is 4.79 Å². The minimum Gasteiger partial charge on any atom is -0.445 e. The molecule has 0 saturated carbocycles. The van der Waals surface area contributed by atoms with E-state index in [4.69, 9.17) is 4.74 Å². The standard InChI is InChI=1S/C23H28N2O2/c26-22(27-18-21-9-5-2-6-10-21)25-16-13-23(19-25)11-14-24(15-12-23)17-20-7-3-1-4-8-20/h1-10H,11-19H2. The Hall–Kier alpha value is -2.33. The van der Waals surface area contributed by atoms with E-state index in [1.54, 1.807) is 0 Å². The monoisotopic (exact) mass is 364 g/mol. The maximum absolute atomic E-state index is 12.4. The fourth-order valence-electron chi connectivity index (χ4n) is 4.34. The number of benzene rings is 2. The van der Waals surface area contributed by atoms with Gasteiger partial charge >= 0.3 is 6.09 Å². The summed E-state index contributed by atoms with van der Waals surface area (Å²) >= 11 is 0. The second-order valence-electron chi connectivity index (χ2n) is 7.97.